The monoisotopic (exact) mass is 361 g/mol. The van der Waals surface area contributed by atoms with Gasteiger partial charge < -0.3 is 20.9 Å². The molecule has 0 saturated carbocycles. The molecular weight excluding hydrogens is 338 g/mol. The van der Waals surface area contributed by atoms with Crippen LogP contribution in [-0.2, 0) is 6.61 Å². The van der Waals surface area contributed by atoms with Gasteiger partial charge in [0.05, 0.1) is 0 Å². The Morgan fingerprint density at radius 3 is 2.84 bits per heavy atom. The summed E-state index contributed by atoms with van der Waals surface area (Å²) in [6.45, 7) is 7.06. The number of nitrogens with two attached hydrogens (primary N) is 2. The molecule has 4 N–H and O–H groups in total. The first-order valence-corrected chi connectivity index (χ1v) is 8.76. The van der Waals surface area contributed by atoms with E-state index in [0.717, 1.165) is 23.1 Å². The molecular formula is C19H24ClN3O2. The molecule has 1 aliphatic heterocycles. The van der Waals surface area contributed by atoms with Crippen molar-refractivity contribution in [3.63, 3.8) is 0 Å². The first-order valence-electron chi connectivity index (χ1n) is 8.38. The Morgan fingerprint density at radius 1 is 1.36 bits per heavy atom. The second kappa shape index (κ2) is 6.73. The van der Waals surface area contributed by atoms with Crippen molar-refractivity contribution in [1.29, 1.82) is 0 Å². The Morgan fingerprint density at radius 2 is 2.12 bits per heavy atom. The van der Waals surface area contributed by atoms with Crippen molar-refractivity contribution in [2.24, 2.45) is 11.7 Å². The maximum atomic E-state index is 6.53. The number of ether oxygens (including phenoxy) is 2. The Labute approximate surface area is 153 Å². The van der Waals surface area contributed by atoms with Gasteiger partial charge >= 0.3 is 0 Å². The number of hydrogen-bond acceptors (Lipinski definition) is 5. The van der Waals surface area contributed by atoms with Crippen LogP contribution in [0.15, 0.2) is 24.4 Å². The van der Waals surface area contributed by atoms with Crippen LogP contribution >= 0.6 is 11.6 Å². The zero-order chi connectivity index (χ0) is 18.2. The van der Waals surface area contributed by atoms with Crippen LogP contribution in [0.4, 0.5) is 5.82 Å². The van der Waals surface area contributed by atoms with Crippen molar-refractivity contribution >= 4 is 17.4 Å². The van der Waals surface area contributed by atoms with E-state index in [1.165, 1.54) is 0 Å². The van der Waals surface area contributed by atoms with E-state index in [2.05, 4.69) is 18.8 Å². The van der Waals surface area contributed by atoms with Crippen LogP contribution in [0.5, 0.6) is 11.5 Å². The summed E-state index contributed by atoms with van der Waals surface area (Å²) in [4.78, 5) is 4.11. The molecule has 0 fully saturated rings. The first kappa shape index (κ1) is 17.8. The number of pyridine rings is 1. The molecule has 3 rings (SSSR count). The van der Waals surface area contributed by atoms with E-state index < -0.39 is 5.54 Å². The van der Waals surface area contributed by atoms with Gasteiger partial charge in [0.25, 0.3) is 0 Å². The largest absolute Gasteiger partial charge is 0.490 e. The highest BCUT2D eigenvalue weighted by Gasteiger charge is 2.25. The molecule has 0 spiro atoms. The normalized spacial score (nSPS) is 15.1. The summed E-state index contributed by atoms with van der Waals surface area (Å²) in [6.07, 6.45) is 2.60. The van der Waals surface area contributed by atoms with E-state index in [-0.39, 0.29) is 0 Å². The average Bonchev–Trinajstić information content (AvgIpc) is 2.52. The number of hydrogen-bond donors (Lipinski definition) is 2. The van der Waals surface area contributed by atoms with Gasteiger partial charge in [-0.3, -0.25) is 0 Å². The minimum Gasteiger partial charge on any atom is -0.490 e. The molecule has 134 valence electrons. The summed E-state index contributed by atoms with van der Waals surface area (Å²) >= 11 is 6.53. The lowest BCUT2D eigenvalue weighted by Gasteiger charge is -2.28. The molecule has 0 amide bonds. The Balaban J connectivity index is 1.86. The SMILES string of the molecule is CC(C)CC(C)(N)COc1ccc2c(c1Cl)OCc1cnc(N)cc1-2. The number of anilines is 1. The molecule has 0 saturated heterocycles. The summed E-state index contributed by atoms with van der Waals surface area (Å²) < 4.78 is 11.7. The molecule has 1 unspecified atom stereocenters. The summed E-state index contributed by atoms with van der Waals surface area (Å²) in [5, 5.41) is 0.457. The van der Waals surface area contributed by atoms with E-state index in [4.69, 9.17) is 32.5 Å². The smallest absolute Gasteiger partial charge is 0.150 e. The number of rotatable bonds is 5. The third-order valence-corrected chi connectivity index (χ3v) is 4.52. The summed E-state index contributed by atoms with van der Waals surface area (Å²) in [7, 11) is 0. The van der Waals surface area contributed by atoms with Crippen LogP contribution in [0.3, 0.4) is 0 Å². The average molecular weight is 362 g/mol. The summed E-state index contributed by atoms with van der Waals surface area (Å²) in [5.74, 6) is 2.15. The van der Waals surface area contributed by atoms with Gasteiger partial charge in [-0.2, -0.15) is 0 Å². The van der Waals surface area contributed by atoms with Crippen LogP contribution in [0.2, 0.25) is 5.02 Å². The highest BCUT2D eigenvalue weighted by molar-refractivity contribution is 6.34. The lowest BCUT2D eigenvalue weighted by molar-refractivity contribution is 0.205. The second-order valence-corrected chi connectivity index (χ2v) is 7.73. The topological polar surface area (TPSA) is 83.4 Å². The Bertz CT molecular complexity index is 790. The highest BCUT2D eigenvalue weighted by Crippen LogP contribution is 2.46. The van der Waals surface area contributed by atoms with E-state index in [1.54, 1.807) is 6.20 Å². The fourth-order valence-corrected chi connectivity index (χ4v) is 3.53. The van der Waals surface area contributed by atoms with Crippen LogP contribution in [0.1, 0.15) is 32.8 Å². The number of halogens is 1. The van der Waals surface area contributed by atoms with E-state index >= 15 is 0 Å². The molecule has 0 bridgehead atoms. The fourth-order valence-electron chi connectivity index (χ4n) is 3.25. The van der Waals surface area contributed by atoms with Gasteiger partial charge in [0.2, 0.25) is 0 Å². The highest BCUT2D eigenvalue weighted by atomic mass is 35.5. The van der Waals surface area contributed by atoms with Crippen LogP contribution in [0, 0.1) is 5.92 Å². The summed E-state index contributed by atoms with van der Waals surface area (Å²) in [5.41, 5.74) is 14.6. The van der Waals surface area contributed by atoms with Crippen LogP contribution in [0.25, 0.3) is 11.1 Å². The number of fused-ring (bicyclic) bond motifs is 3. The van der Waals surface area contributed by atoms with Crippen molar-refractivity contribution in [2.75, 3.05) is 12.3 Å². The molecule has 1 aliphatic rings. The van der Waals surface area contributed by atoms with Crippen molar-refractivity contribution in [2.45, 2.75) is 39.3 Å². The van der Waals surface area contributed by atoms with E-state index in [1.807, 2.05) is 25.1 Å². The number of aromatic nitrogens is 1. The minimum absolute atomic E-state index is 0.386. The van der Waals surface area contributed by atoms with Gasteiger partial charge in [-0.15, -0.1) is 0 Å². The summed E-state index contributed by atoms with van der Waals surface area (Å²) in [6, 6.07) is 5.62. The third-order valence-electron chi connectivity index (χ3n) is 4.16. The number of nitrogen functional groups attached to an aromatic ring is 1. The standard InChI is InChI=1S/C19H24ClN3O2/c1-11(2)7-19(3,22)10-25-15-5-4-13-14-6-16(21)23-8-12(14)9-24-18(13)17(15)20/h4-6,8,11H,7,9-10,22H2,1-3H3,(H2,21,23). The first-order chi connectivity index (χ1) is 11.8. The van der Waals surface area contributed by atoms with E-state index in [9.17, 15) is 0 Å². The molecule has 1 aromatic carbocycles. The fraction of sp³-hybridized carbons (Fsp3) is 0.421. The van der Waals surface area contributed by atoms with Crippen molar-refractivity contribution in [3.05, 3.63) is 35.0 Å². The van der Waals surface area contributed by atoms with Crippen LogP contribution in [-0.4, -0.2) is 17.1 Å². The van der Waals surface area contributed by atoms with Gasteiger partial charge in [-0.25, -0.2) is 4.98 Å². The lowest BCUT2D eigenvalue weighted by atomic mass is 9.93. The van der Waals surface area contributed by atoms with Gasteiger partial charge in [-0.1, -0.05) is 25.4 Å². The van der Waals surface area contributed by atoms with Crippen molar-refractivity contribution in [1.82, 2.24) is 4.98 Å². The zero-order valence-corrected chi connectivity index (χ0v) is 15.6. The molecule has 2 heterocycles. The van der Waals surface area contributed by atoms with Crippen molar-refractivity contribution in [3.8, 4) is 22.6 Å². The number of benzene rings is 1. The number of nitrogens with zero attached hydrogens (tertiary/aromatic N) is 1. The maximum Gasteiger partial charge on any atom is 0.150 e. The molecule has 0 aliphatic carbocycles. The molecule has 1 atom stereocenters. The second-order valence-electron chi connectivity index (χ2n) is 7.35. The molecule has 0 radical (unpaired) electrons. The predicted octanol–water partition coefficient (Wildman–Crippen LogP) is 4.02. The minimum atomic E-state index is -0.416. The zero-order valence-electron chi connectivity index (χ0n) is 14.8. The van der Waals surface area contributed by atoms with Gasteiger partial charge in [0, 0.05) is 22.9 Å². The van der Waals surface area contributed by atoms with Gasteiger partial charge in [0.1, 0.15) is 35.6 Å². The lowest BCUT2D eigenvalue weighted by Crippen LogP contribution is -2.43. The Hall–Kier alpha value is -1.98. The Kier molecular flexibility index (Phi) is 4.80. The quantitative estimate of drug-likeness (QED) is 0.840. The molecule has 2 aromatic rings. The molecule has 6 heteroatoms. The van der Waals surface area contributed by atoms with Gasteiger partial charge in [0.15, 0.2) is 0 Å². The third kappa shape index (κ3) is 3.83. The molecule has 1 aromatic heterocycles. The van der Waals surface area contributed by atoms with Crippen LogP contribution < -0.4 is 20.9 Å². The van der Waals surface area contributed by atoms with Gasteiger partial charge in [-0.05, 0) is 43.0 Å². The predicted molar refractivity (Wildman–Crippen MR) is 101 cm³/mol. The molecule has 25 heavy (non-hydrogen) atoms. The maximum absolute atomic E-state index is 6.53. The molecule has 5 nitrogen and oxygen atoms in total. The van der Waals surface area contributed by atoms with Crippen molar-refractivity contribution < 1.29 is 9.47 Å². The van der Waals surface area contributed by atoms with E-state index in [0.29, 0.717) is 41.5 Å².